The van der Waals surface area contributed by atoms with Gasteiger partial charge in [0.25, 0.3) is 0 Å². The molecule has 0 saturated carbocycles. The Kier molecular flexibility index (Phi) is 4.08. The number of aliphatic hydroxyl groups is 1. The molecule has 0 saturated heterocycles. The molecule has 4 nitrogen and oxygen atoms in total. The van der Waals surface area contributed by atoms with Crippen LogP contribution in [-0.4, -0.2) is 39.7 Å². The first-order chi connectivity index (χ1) is 13.8. The SMILES string of the molecule is Bc1c(F)c(O)c(C#N)c(B)c1Oc1ccc2c3c1C(B)(O)CC3C(F)(F)C2(F)F. The molecule has 2 unspecified atom stereocenters. The minimum atomic E-state index is -4.40. The van der Waals surface area contributed by atoms with Gasteiger partial charge in [-0.1, -0.05) is 0 Å². The predicted molar refractivity (Wildman–Crippen MR) is 104 cm³/mol. The van der Waals surface area contributed by atoms with Crippen molar-refractivity contribution in [1.29, 1.82) is 5.26 Å². The van der Waals surface area contributed by atoms with Gasteiger partial charge in [0.05, 0.1) is 17.0 Å². The normalized spacial score (nSPS) is 25.0. The van der Waals surface area contributed by atoms with E-state index in [0.29, 0.717) is 0 Å². The van der Waals surface area contributed by atoms with Crippen molar-refractivity contribution in [2.45, 2.75) is 29.7 Å². The number of nitrogens with zero attached hydrogens (tertiary/aromatic N) is 1. The lowest BCUT2D eigenvalue weighted by Crippen LogP contribution is -2.38. The first-order valence-electron chi connectivity index (χ1n) is 9.02. The van der Waals surface area contributed by atoms with Crippen molar-refractivity contribution in [3.05, 3.63) is 40.2 Å². The van der Waals surface area contributed by atoms with Crippen LogP contribution in [0.1, 0.15) is 34.6 Å². The summed E-state index contributed by atoms with van der Waals surface area (Å²) in [5.74, 6) is -13.0. The van der Waals surface area contributed by atoms with Crippen molar-refractivity contribution < 1.29 is 36.9 Å². The summed E-state index contributed by atoms with van der Waals surface area (Å²) >= 11 is 0. The highest BCUT2D eigenvalue weighted by Crippen LogP contribution is 2.66. The van der Waals surface area contributed by atoms with E-state index in [1.165, 1.54) is 23.5 Å². The average molecular weight is 419 g/mol. The van der Waals surface area contributed by atoms with Gasteiger partial charge in [-0.05, 0) is 35.0 Å². The molecule has 2 atom stereocenters. The molecule has 152 valence electrons. The van der Waals surface area contributed by atoms with Crippen LogP contribution in [-0.2, 0) is 11.4 Å². The number of ether oxygens (including phenoxy) is 1. The van der Waals surface area contributed by atoms with E-state index < -0.39 is 46.8 Å². The molecule has 12 heteroatoms. The van der Waals surface area contributed by atoms with Gasteiger partial charge in [-0.25, -0.2) is 4.39 Å². The topological polar surface area (TPSA) is 73.5 Å². The zero-order valence-corrected chi connectivity index (χ0v) is 16.1. The third-order valence-corrected chi connectivity index (χ3v) is 6.04. The summed E-state index contributed by atoms with van der Waals surface area (Å²) in [5.41, 5.74) is -3.82. The number of aromatic hydroxyl groups is 1. The summed E-state index contributed by atoms with van der Waals surface area (Å²) in [6.45, 7) is 0. The Labute approximate surface area is 170 Å². The van der Waals surface area contributed by atoms with E-state index in [1.807, 2.05) is 0 Å². The molecule has 30 heavy (non-hydrogen) atoms. The summed E-state index contributed by atoms with van der Waals surface area (Å²) in [4.78, 5) is 0. The molecule has 4 rings (SSSR count). The Hall–Kier alpha value is -2.67. The second kappa shape index (κ2) is 5.94. The van der Waals surface area contributed by atoms with Crippen LogP contribution >= 0.6 is 0 Å². The van der Waals surface area contributed by atoms with E-state index in [9.17, 15) is 37.4 Å². The van der Waals surface area contributed by atoms with Crippen molar-refractivity contribution in [2.24, 2.45) is 0 Å². The number of phenols is 1. The highest BCUT2D eigenvalue weighted by Gasteiger charge is 2.72. The lowest BCUT2D eigenvalue weighted by molar-refractivity contribution is -0.217. The summed E-state index contributed by atoms with van der Waals surface area (Å²) in [6.07, 6.45) is -0.635. The van der Waals surface area contributed by atoms with Crippen LogP contribution < -0.4 is 15.7 Å². The van der Waals surface area contributed by atoms with Crippen molar-refractivity contribution in [3.63, 3.8) is 0 Å². The van der Waals surface area contributed by atoms with Crippen molar-refractivity contribution in [3.8, 4) is 23.3 Å². The standard InChI is InChI=1S/C18H13B3F5NO3/c19-11-5(4-27)14(28)13(22)12(20)15(11)30-8-2-1-6-9-7(3-16(21,29)10(8)9)18(25,26)17(6,23)24/h1-2,7,28-29H,3,19-21H2. The molecular formula is C18H13B3F5NO3. The fourth-order valence-electron chi connectivity index (χ4n) is 4.54. The molecule has 2 aliphatic carbocycles. The van der Waals surface area contributed by atoms with Crippen LogP contribution in [0.2, 0.25) is 0 Å². The van der Waals surface area contributed by atoms with Gasteiger partial charge in [0, 0.05) is 11.1 Å². The van der Waals surface area contributed by atoms with Crippen LogP contribution in [0.4, 0.5) is 22.0 Å². The maximum absolute atomic E-state index is 14.4. The van der Waals surface area contributed by atoms with Gasteiger partial charge >= 0.3 is 11.8 Å². The van der Waals surface area contributed by atoms with Crippen LogP contribution in [0.3, 0.4) is 0 Å². The van der Waals surface area contributed by atoms with Crippen LogP contribution in [0.5, 0.6) is 17.2 Å². The number of rotatable bonds is 2. The zero-order chi connectivity index (χ0) is 22.4. The number of alkyl halides is 4. The van der Waals surface area contributed by atoms with Crippen molar-refractivity contribution in [2.75, 3.05) is 0 Å². The van der Waals surface area contributed by atoms with Crippen LogP contribution in [0.15, 0.2) is 12.1 Å². The monoisotopic (exact) mass is 419 g/mol. The van der Waals surface area contributed by atoms with Crippen LogP contribution in [0.25, 0.3) is 0 Å². The number of benzene rings is 2. The van der Waals surface area contributed by atoms with Gasteiger partial charge < -0.3 is 14.9 Å². The maximum atomic E-state index is 14.4. The Balaban J connectivity index is 1.95. The Bertz CT molecular complexity index is 1160. The first kappa shape index (κ1) is 20.6. The minimum Gasteiger partial charge on any atom is -0.504 e. The molecular weight excluding hydrogens is 406 g/mol. The van der Waals surface area contributed by atoms with Gasteiger partial charge in [-0.2, -0.15) is 22.8 Å². The van der Waals surface area contributed by atoms with Crippen molar-refractivity contribution >= 4 is 34.5 Å². The van der Waals surface area contributed by atoms with Crippen molar-refractivity contribution in [1.82, 2.24) is 0 Å². The number of hydrogen-bond donors (Lipinski definition) is 2. The molecule has 0 aromatic heterocycles. The summed E-state index contributed by atoms with van der Waals surface area (Å²) in [7, 11) is 3.88. The minimum absolute atomic E-state index is 0.0754. The maximum Gasteiger partial charge on any atom is 0.336 e. The fourth-order valence-corrected chi connectivity index (χ4v) is 4.54. The van der Waals surface area contributed by atoms with Gasteiger partial charge in [0.15, 0.2) is 11.6 Å². The largest absolute Gasteiger partial charge is 0.504 e. The summed E-state index contributed by atoms with van der Waals surface area (Å²) < 4.78 is 77.6. The Morgan fingerprint density at radius 2 is 1.80 bits per heavy atom. The molecule has 0 heterocycles. The molecule has 0 amide bonds. The van der Waals surface area contributed by atoms with E-state index in [4.69, 9.17) is 4.74 Å². The lowest BCUT2D eigenvalue weighted by Gasteiger charge is -2.28. The van der Waals surface area contributed by atoms with Gasteiger partial charge in [0.1, 0.15) is 41.1 Å². The van der Waals surface area contributed by atoms with Gasteiger partial charge in [-0.3, -0.25) is 0 Å². The summed E-state index contributed by atoms with van der Waals surface area (Å²) in [5, 5.41) is 29.8. The average Bonchev–Trinajstić information content (AvgIpc) is 3.03. The number of hydrogen-bond acceptors (Lipinski definition) is 4. The third kappa shape index (κ3) is 2.32. The van der Waals surface area contributed by atoms with Crippen LogP contribution in [0, 0.1) is 17.1 Å². The highest BCUT2D eigenvalue weighted by atomic mass is 19.3. The molecule has 0 spiro atoms. The number of halogens is 5. The summed E-state index contributed by atoms with van der Waals surface area (Å²) in [6, 6.07) is 3.50. The molecule has 2 aromatic carbocycles. The van der Waals surface area contributed by atoms with E-state index in [-0.39, 0.29) is 39.1 Å². The second-order valence-corrected chi connectivity index (χ2v) is 7.96. The van der Waals surface area contributed by atoms with E-state index >= 15 is 0 Å². The van der Waals surface area contributed by atoms with E-state index in [2.05, 4.69) is 0 Å². The molecule has 2 aromatic rings. The van der Waals surface area contributed by atoms with E-state index in [0.717, 1.165) is 12.1 Å². The Morgan fingerprint density at radius 1 is 1.17 bits per heavy atom. The Morgan fingerprint density at radius 3 is 2.40 bits per heavy atom. The molecule has 0 radical (unpaired) electrons. The predicted octanol–water partition coefficient (Wildman–Crippen LogP) is -0.282. The quantitative estimate of drug-likeness (QED) is 0.520. The number of phenolic OH excluding ortho intramolecular Hbond substituents is 1. The molecule has 0 bridgehead atoms. The smallest absolute Gasteiger partial charge is 0.336 e. The first-order valence-corrected chi connectivity index (χ1v) is 9.02. The second-order valence-electron chi connectivity index (χ2n) is 7.96. The molecule has 2 N–H and O–H groups in total. The fraction of sp³-hybridized carbons (Fsp3) is 0.278. The van der Waals surface area contributed by atoms with E-state index in [1.54, 1.807) is 6.07 Å². The molecule has 0 fully saturated rings. The van der Waals surface area contributed by atoms with Gasteiger partial charge in [-0.15, -0.1) is 0 Å². The van der Waals surface area contributed by atoms with Gasteiger partial charge in [0.2, 0.25) is 0 Å². The molecule has 2 aliphatic rings. The zero-order valence-electron chi connectivity index (χ0n) is 16.1. The third-order valence-electron chi connectivity index (χ3n) is 6.04. The highest BCUT2D eigenvalue weighted by molar-refractivity contribution is 6.42. The molecule has 0 aliphatic heterocycles. The number of nitriles is 1. The lowest BCUT2D eigenvalue weighted by atomic mass is 9.74.